The van der Waals surface area contributed by atoms with E-state index in [1.54, 1.807) is 0 Å². The van der Waals surface area contributed by atoms with Crippen LogP contribution in [0.4, 0.5) is 5.82 Å². The Bertz CT molecular complexity index is 962. The molecule has 0 atom stereocenters. The van der Waals surface area contributed by atoms with Crippen molar-refractivity contribution in [1.29, 1.82) is 0 Å². The lowest BCUT2D eigenvalue weighted by atomic mass is 9.84. The van der Waals surface area contributed by atoms with Gasteiger partial charge in [-0.1, -0.05) is 37.1 Å². The molecule has 1 aromatic carbocycles. The number of carbonyl (C=O) groups is 1. The summed E-state index contributed by atoms with van der Waals surface area (Å²) >= 11 is 6.26. The molecule has 3 fully saturated rings. The maximum Gasteiger partial charge on any atom is 0.225 e. The van der Waals surface area contributed by atoms with Gasteiger partial charge in [-0.15, -0.1) is 0 Å². The van der Waals surface area contributed by atoms with Crippen LogP contribution in [0.3, 0.4) is 0 Å². The molecular weight excluding hydrogens is 408 g/mol. The van der Waals surface area contributed by atoms with E-state index in [1.165, 1.54) is 30.4 Å². The van der Waals surface area contributed by atoms with E-state index in [9.17, 15) is 4.79 Å². The number of carbonyl (C=O) groups excluding carboxylic acids is 1. The third-order valence-electron chi connectivity index (χ3n) is 6.98. The molecule has 31 heavy (non-hydrogen) atoms. The Morgan fingerprint density at radius 3 is 2.48 bits per heavy atom. The highest BCUT2D eigenvalue weighted by Crippen LogP contribution is 2.40. The zero-order chi connectivity index (χ0) is 21.4. The van der Waals surface area contributed by atoms with E-state index in [2.05, 4.69) is 22.8 Å². The fourth-order valence-corrected chi connectivity index (χ4v) is 4.91. The number of aromatic nitrogens is 2. The summed E-state index contributed by atoms with van der Waals surface area (Å²) in [6.07, 6.45) is 7.41. The van der Waals surface area contributed by atoms with Crippen molar-refractivity contribution < 1.29 is 4.79 Å². The predicted octanol–water partition coefficient (Wildman–Crippen LogP) is 4.61. The van der Waals surface area contributed by atoms with Gasteiger partial charge in [-0.3, -0.25) is 4.79 Å². The largest absolute Gasteiger partial charge is 0.353 e. The standard InChI is InChI=1S/C25H31ClN4O/c1-2-22-21(16-17-5-3-8-20(26)15-17)24(28-23(27-22)18-9-10-18)29-11-13-30(14-12-29)25(31)19-6-4-7-19/h3,5,8,15,18-19H,2,4,6-7,9-14,16H2,1H3. The SMILES string of the molecule is CCc1nc(C2CC2)nc(N2CCN(C(=O)C3CCC3)CC2)c1Cc1cccc(Cl)c1. The molecule has 2 heterocycles. The number of hydrogen-bond acceptors (Lipinski definition) is 4. The van der Waals surface area contributed by atoms with Crippen molar-refractivity contribution in [3.05, 3.63) is 51.9 Å². The third kappa shape index (κ3) is 4.43. The van der Waals surface area contributed by atoms with Gasteiger partial charge in [0.2, 0.25) is 5.91 Å². The minimum Gasteiger partial charge on any atom is -0.353 e. The first-order chi connectivity index (χ1) is 15.1. The number of piperazine rings is 1. The first kappa shape index (κ1) is 20.7. The molecule has 2 aliphatic carbocycles. The molecule has 2 aromatic rings. The summed E-state index contributed by atoms with van der Waals surface area (Å²) in [5.41, 5.74) is 3.55. The van der Waals surface area contributed by atoms with Crippen molar-refractivity contribution in [3.8, 4) is 0 Å². The fraction of sp³-hybridized carbons (Fsp3) is 0.560. The highest BCUT2D eigenvalue weighted by atomic mass is 35.5. The van der Waals surface area contributed by atoms with Gasteiger partial charge in [0.05, 0.1) is 0 Å². The topological polar surface area (TPSA) is 49.3 Å². The second-order valence-corrected chi connectivity index (χ2v) is 9.64. The van der Waals surface area contributed by atoms with Gasteiger partial charge in [-0.25, -0.2) is 9.97 Å². The van der Waals surface area contributed by atoms with Crippen molar-refractivity contribution in [1.82, 2.24) is 14.9 Å². The minimum absolute atomic E-state index is 0.275. The summed E-state index contributed by atoms with van der Waals surface area (Å²) in [6, 6.07) is 8.08. The highest BCUT2D eigenvalue weighted by Gasteiger charge is 2.33. The molecule has 6 heteroatoms. The van der Waals surface area contributed by atoms with Crippen LogP contribution in [0.2, 0.25) is 5.02 Å². The lowest BCUT2D eigenvalue weighted by molar-refractivity contribution is -0.138. The molecule has 2 saturated carbocycles. The van der Waals surface area contributed by atoms with Crippen LogP contribution in [0.25, 0.3) is 0 Å². The molecule has 164 valence electrons. The maximum atomic E-state index is 12.7. The summed E-state index contributed by atoms with van der Waals surface area (Å²) in [4.78, 5) is 27.2. The smallest absolute Gasteiger partial charge is 0.225 e. The minimum atomic E-state index is 0.275. The number of aryl methyl sites for hydroxylation is 1. The van der Waals surface area contributed by atoms with Gasteiger partial charge in [0, 0.05) is 60.7 Å². The molecule has 1 amide bonds. The Kier molecular flexibility index (Phi) is 5.87. The fourth-order valence-electron chi connectivity index (χ4n) is 4.70. The molecule has 0 radical (unpaired) electrons. The quantitative estimate of drug-likeness (QED) is 0.660. The Morgan fingerprint density at radius 1 is 1.10 bits per heavy atom. The first-order valence-corrected chi connectivity index (χ1v) is 12.2. The second kappa shape index (κ2) is 8.78. The van der Waals surface area contributed by atoms with Crippen LogP contribution in [0.5, 0.6) is 0 Å². The number of anilines is 1. The van der Waals surface area contributed by atoms with Gasteiger partial charge in [0.1, 0.15) is 11.6 Å². The van der Waals surface area contributed by atoms with Crippen LogP contribution in [-0.2, 0) is 17.6 Å². The number of halogens is 1. The van der Waals surface area contributed by atoms with Gasteiger partial charge in [0.15, 0.2) is 0 Å². The van der Waals surface area contributed by atoms with Crippen LogP contribution in [0.15, 0.2) is 24.3 Å². The van der Waals surface area contributed by atoms with Crippen molar-refractivity contribution in [2.45, 2.75) is 57.8 Å². The average Bonchev–Trinajstić information content (AvgIpc) is 3.58. The van der Waals surface area contributed by atoms with E-state index in [-0.39, 0.29) is 5.92 Å². The van der Waals surface area contributed by atoms with Crippen molar-refractivity contribution in [2.75, 3.05) is 31.1 Å². The van der Waals surface area contributed by atoms with Crippen LogP contribution in [-0.4, -0.2) is 47.0 Å². The lowest BCUT2D eigenvalue weighted by Gasteiger charge is -2.39. The Labute approximate surface area is 189 Å². The zero-order valence-electron chi connectivity index (χ0n) is 18.3. The highest BCUT2D eigenvalue weighted by molar-refractivity contribution is 6.30. The van der Waals surface area contributed by atoms with Gasteiger partial charge < -0.3 is 9.80 Å². The number of rotatable bonds is 6. The predicted molar refractivity (Wildman–Crippen MR) is 124 cm³/mol. The molecule has 0 N–H and O–H groups in total. The summed E-state index contributed by atoms with van der Waals surface area (Å²) < 4.78 is 0. The van der Waals surface area contributed by atoms with Crippen molar-refractivity contribution >= 4 is 23.3 Å². The number of hydrogen-bond donors (Lipinski definition) is 0. The van der Waals surface area contributed by atoms with Crippen molar-refractivity contribution in [3.63, 3.8) is 0 Å². The normalized spacial score (nSPS) is 19.4. The summed E-state index contributed by atoms with van der Waals surface area (Å²) in [7, 11) is 0. The van der Waals surface area contributed by atoms with Gasteiger partial charge in [-0.2, -0.15) is 0 Å². The van der Waals surface area contributed by atoms with E-state index < -0.39 is 0 Å². The lowest BCUT2D eigenvalue weighted by Crippen LogP contribution is -2.51. The molecule has 3 aliphatic rings. The molecule has 1 aliphatic heterocycles. The van der Waals surface area contributed by atoms with Crippen LogP contribution in [0.1, 0.15) is 67.6 Å². The zero-order valence-corrected chi connectivity index (χ0v) is 19.1. The van der Waals surface area contributed by atoms with Crippen molar-refractivity contribution in [2.24, 2.45) is 5.92 Å². The monoisotopic (exact) mass is 438 g/mol. The number of nitrogens with zero attached hydrogens (tertiary/aromatic N) is 4. The Balaban J connectivity index is 1.42. The maximum absolute atomic E-state index is 12.7. The molecule has 5 nitrogen and oxygen atoms in total. The molecule has 0 spiro atoms. The van der Waals surface area contributed by atoms with Crippen LogP contribution >= 0.6 is 11.6 Å². The van der Waals surface area contributed by atoms with Crippen LogP contribution in [0, 0.1) is 5.92 Å². The van der Waals surface area contributed by atoms with E-state index >= 15 is 0 Å². The Hall–Kier alpha value is -2.14. The second-order valence-electron chi connectivity index (χ2n) is 9.21. The first-order valence-electron chi connectivity index (χ1n) is 11.8. The third-order valence-corrected chi connectivity index (χ3v) is 7.22. The van der Waals surface area contributed by atoms with E-state index in [4.69, 9.17) is 21.6 Å². The molecule has 1 saturated heterocycles. The van der Waals surface area contributed by atoms with Gasteiger partial charge >= 0.3 is 0 Å². The molecule has 5 rings (SSSR count). The molecule has 0 unspecified atom stereocenters. The molecule has 0 bridgehead atoms. The molecule has 1 aromatic heterocycles. The summed E-state index contributed by atoms with van der Waals surface area (Å²) in [5, 5.41) is 0.760. The van der Waals surface area contributed by atoms with Crippen LogP contribution < -0.4 is 4.90 Å². The average molecular weight is 439 g/mol. The molecular formula is C25H31ClN4O. The van der Waals surface area contributed by atoms with E-state index in [1.807, 2.05) is 18.2 Å². The van der Waals surface area contributed by atoms with E-state index in [0.29, 0.717) is 11.8 Å². The van der Waals surface area contributed by atoms with E-state index in [0.717, 1.165) is 74.2 Å². The number of benzene rings is 1. The Morgan fingerprint density at radius 2 is 1.87 bits per heavy atom. The van der Waals surface area contributed by atoms with Gasteiger partial charge in [0.25, 0.3) is 0 Å². The summed E-state index contributed by atoms with van der Waals surface area (Å²) in [5.74, 6) is 3.24. The summed E-state index contributed by atoms with van der Waals surface area (Å²) in [6.45, 7) is 5.43. The number of amides is 1. The van der Waals surface area contributed by atoms with Gasteiger partial charge in [-0.05, 0) is 49.8 Å².